The second kappa shape index (κ2) is 8.23. The zero-order chi connectivity index (χ0) is 18.6. The molecule has 7 heteroatoms. The third-order valence-corrected chi connectivity index (χ3v) is 3.99. The number of hydrogen-bond acceptors (Lipinski definition) is 4. The number of nitrogens with zero attached hydrogens (tertiary/aromatic N) is 2. The highest BCUT2D eigenvalue weighted by molar-refractivity contribution is 6.31. The van der Waals surface area contributed by atoms with E-state index < -0.39 is 17.7 Å². The molecule has 2 aromatic rings. The highest BCUT2D eigenvalue weighted by Crippen LogP contribution is 2.24. The Morgan fingerprint density at radius 1 is 1.00 bits per heavy atom. The summed E-state index contributed by atoms with van der Waals surface area (Å²) >= 11 is 11.8. The fraction of sp³-hybridized carbons (Fsp3) is 0.222. The van der Waals surface area contributed by atoms with Gasteiger partial charge in [-0.05, 0) is 68.3 Å². The molecule has 1 atom stereocenters. The molecule has 0 saturated carbocycles. The van der Waals surface area contributed by atoms with E-state index >= 15 is 0 Å². The summed E-state index contributed by atoms with van der Waals surface area (Å²) in [6.07, 6.45) is 0. The number of nitrogens with one attached hydrogen (secondary N) is 1. The summed E-state index contributed by atoms with van der Waals surface area (Å²) in [5.74, 6) is -0.951. The first-order valence-electron chi connectivity index (χ1n) is 7.52. The van der Waals surface area contributed by atoms with Gasteiger partial charge in [0.2, 0.25) is 6.04 Å². The van der Waals surface area contributed by atoms with Crippen LogP contribution in [0.4, 0.5) is 11.4 Å². The van der Waals surface area contributed by atoms with Crippen molar-refractivity contribution in [2.45, 2.75) is 26.8 Å². The summed E-state index contributed by atoms with van der Waals surface area (Å²) in [7, 11) is 0. The van der Waals surface area contributed by atoms with E-state index in [1.165, 1.54) is 6.92 Å². The van der Waals surface area contributed by atoms with Crippen LogP contribution >= 0.6 is 23.2 Å². The van der Waals surface area contributed by atoms with Crippen LogP contribution in [-0.4, -0.2) is 17.7 Å². The molecule has 1 amide bonds. The predicted molar refractivity (Wildman–Crippen MR) is 100.0 cm³/mol. The number of aryl methyl sites for hydroxylation is 2. The number of amides is 1. The molecule has 5 nitrogen and oxygen atoms in total. The molecular weight excluding hydrogens is 361 g/mol. The van der Waals surface area contributed by atoms with E-state index in [1.807, 2.05) is 13.8 Å². The number of ketones is 1. The molecule has 0 heterocycles. The van der Waals surface area contributed by atoms with Crippen LogP contribution in [0.15, 0.2) is 46.6 Å². The van der Waals surface area contributed by atoms with Gasteiger partial charge in [0.25, 0.3) is 5.91 Å². The number of rotatable bonds is 5. The molecule has 0 saturated heterocycles. The molecule has 0 aliphatic heterocycles. The molecule has 25 heavy (non-hydrogen) atoms. The van der Waals surface area contributed by atoms with Crippen LogP contribution in [-0.2, 0) is 9.59 Å². The Morgan fingerprint density at radius 3 is 2.16 bits per heavy atom. The molecule has 0 bridgehead atoms. The molecule has 0 aromatic heterocycles. The fourth-order valence-corrected chi connectivity index (χ4v) is 2.59. The number of benzene rings is 2. The van der Waals surface area contributed by atoms with E-state index in [4.69, 9.17) is 23.2 Å². The first-order valence-corrected chi connectivity index (χ1v) is 8.28. The van der Waals surface area contributed by atoms with Gasteiger partial charge in [0, 0.05) is 15.7 Å². The number of carbonyl (C=O) groups is 2. The number of hydrogen-bond donors (Lipinski definition) is 1. The normalized spacial score (nSPS) is 12.2. The minimum atomic E-state index is -1.23. The van der Waals surface area contributed by atoms with Gasteiger partial charge in [-0.1, -0.05) is 23.2 Å². The first-order chi connectivity index (χ1) is 11.8. The van der Waals surface area contributed by atoms with Gasteiger partial charge in [-0.3, -0.25) is 9.59 Å². The minimum absolute atomic E-state index is 0.403. The van der Waals surface area contributed by atoms with Crippen LogP contribution in [0.25, 0.3) is 0 Å². The largest absolute Gasteiger partial charge is 0.324 e. The summed E-state index contributed by atoms with van der Waals surface area (Å²) < 4.78 is 0. The second-order valence-corrected chi connectivity index (χ2v) is 6.48. The molecule has 0 aliphatic carbocycles. The highest BCUT2D eigenvalue weighted by Gasteiger charge is 2.23. The van der Waals surface area contributed by atoms with Crippen molar-refractivity contribution in [3.05, 3.63) is 57.6 Å². The summed E-state index contributed by atoms with van der Waals surface area (Å²) in [4.78, 5) is 24.2. The van der Waals surface area contributed by atoms with Crippen molar-refractivity contribution in [1.29, 1.82) is 0 Å². The summed E-state index contributed by atoms with van der Waals surface area (Å²) in [5, 5.41) is 11.8. The van der Waals surface area contributed by atoms with Crippen LogP contribution in [0.5, 0.6) is 0 Å². The van der Waals surface area contributed by atoms with Gasteiger partial charge >= 0.3 is 0 Å². The third-order valence-electron chi connectivity index (χ3n) is 3.52. The van der Waals surface area contributed by atoms with Crippen molar-refractivity contribution >= 4 is 46.3 Å². The van der Waals surface area contributed by atoms with Gasteiger partial charge in [0.05, 0.1) is 5.69 Å². The summed E-state index contributed by atoms with van der Waals surface area (Å²) in [6, 6.07) is 8.90. The van der Waals surface area contributed by atoms with Gasteiger partial charge in [-0.25, -0.2) is 0 Å². The van der Waals surface area contributed by atoms with E-state index in [0.29, 0.717) is 21.4 Å². The van der Waals surface area contributed by atoms with E-state index in [9.17, 15) is 9.59 Å². The Bertz CT molecular complexity index is 850. The maximum Gasteiger partial charge on any atom is 0.258 e. The van der Waals surface area contributed by atoms with E-state index in [-0.39, 0.29) is 0 Å². The SMILES string of the molecule is CC(=O)C(N=Nc1ccc(Cl)cc1C)C(=O)Nc1ccc(Cl)cc1C. The number of carbonyl (C=O) groups excluding carboxylic acids is 2. The lowest BCUT2D eigenvalue weighted by Gasteiger charge is -2.12. The van der Waals surface area contributed by atoms with E-state index in [1.54, 1.807) is 36.4 Å². The Balaban J connectivity index is 2.20. The van der Waals surface area contributed by atoms with Gasteiger partial charge in [-0.2, -0.15) is 10.2 Å². The molecule has 1 unspecified atom stereocenters. The molecule has 0 fully saturated rings. The maximum absolute atomic E-state index is 12.4. The maximum atomic E-state index is 12.4. The Labute approximate surface area is 156 Å². The summed E-state index contributed by atoms with van der Waals surface area (Å²) in [5.41, 5.74) is 2.70. The standard InChI is InChI=1S/C18H17Cl2N3O2/c1-10-8-13(19)4-6-15(10)21-18(25)17(12(3)24)23-22-16-7-5-14(20)9-11(16)2/h4-9,17H,1-3H3,(H,21,25). The Kier molecular flexibility index (Phi) is 6.28. The van der Waals surface area contributed by atoms with E-state index in [0.717, 1.165) is 11.1 Å². The topological polar surface area (TPSA) is 70.9 Å². The Hall–Kier alpha value is -2.24. The first kappa shape index (κ1) is 19.1. The van der Waals surface area contributed by atoms with Gasteiger partial charge < -0.3 is 5.32 Å². The van der Waals surface area contributed by atoms with Crippen molar-refractivity contribution in [2.75, 3.05) is 5.32 Å². The number of anilines is 1. The van der Waals surface area contributed by atoms with Crippen LogP contribution in [0.2, 0.25) is 10.0 Å². The molecule has 2 rings (SSSR count). The van der Waals surface area contributed by atoms with Gasteiger partial charge in [0.15, 0.2) is 5.78 Å². The average molecular weight is 378 g/mol. The predicted octanol–water partition coefficient (Wildman–Crippen LogP) is 5.29. The van der Waals surface area contributed by atoms with Gasteiger partial charge in [0.1, 0.15) is 0 Å². The fourth-order valence-electron chi connectivity index (χ4n) is 2.14. The van der Waals surface area contributed by atoms with Crippen molar-refractivity contribution in [2.24, 2.45) is 10.2 Å². The quantitative estimate of drug-likeness (QED) is 0.567. The Morgan fingerprint density at radius 2 is 1.60 bits per heavy atom. The van der Waals surface area contributed by atoms with Crippen LogP contribution < -0.4 is 5.32 Å². The smallest absolute Gasteiger partial charge is 0.258 e. The van der Waals surface area contributed by atoms with Gasteiger partial charge in [-0.15, -0.1) is 0 Å². The zero-order valence-corrected chi connectivity index (χ0v) is 15.5. The number of Topliss-reactive ketones (excluding diaryl/α,β-unsaturated/α-hetero) is 1. The molecular formula is C18H17Cl2N3O2. The van der Waals surface area contributed by atoms with Crippen molar-refractivity contribution < 1.29 is 9.59 Å². The van der Waals surface area contributed by atoms with Crippen molar-refractivity contribution in [3.8, 4) is 0 Å². The third kappa shape index (κ3) is 5.11. The van der Waals surface area contributed by atoms with E-state index in [2.05, 4.69) is 15.5 Å². The van der Waals surface area contributed by atoms with Crippen LogP contribution in [0, 0.1) is 13.8 Å². The number of halogens is 2. The monoisotopic (exact) mass is 377 g/mol. The molecule has 1 N–H and O–H groups in total. The van der Waals surface area contributed by atoms with Crippen LogP contribution in [0.3, 0.4) is 0 Å². The zero-order valence-electron chi connectivity index (χ0n) is 14.0. The highest BCUT2D eigenvalue weighted by atomic mass is 35.5. The minimum Gasteiger partial charge on any atom is -0.324 e. The lowest BCUT2D eigenvalue weighted by atomic mass is 10.1. The molecule has 2 aromatic carbocycles. The van der Waals surface area contributed by atoms with Crippen molar-refractivity contribution in [1.82, 2.24) is 0 Å². The second-order valence-electron chi connectivity index (χ2n) is 5.61. The molecule has 0 aliphatic rings. The van der Waals surface area contributed by atoms with Crippen molar-refractivity contribution in [3.63, 3.8) is 0 Å². The lowest BCUT2D eigenvalue weighted by Crippen LogP contribution is -2.32. The lowest BCUT2D eigenvalue weighted by molar-refractivity contribution is -0.126. The van der Waals surface area contributed by atoms with Crippen LogP contribution in [0.1, 0.15) is 18.1 Å². The molecule has 0 spiro atoms. The number of azo groups is 1. The summed E-state index contributed by atoms with van der Waals surface area (Å²) in [6.45, 7) is 4.93. The molecule has 130 valence electrons. The molecule has 0 radical (unpaired) electrons. The average Bonchev–Trinajstić information content (AvgIpc) is 2.52.